The molecule has 7 heteroatoms. The van der Waals surface area contributed by atoms with Gasteiger partial charge in [-0.25, -0.2) is 4.98 Å². The fourth-order valence-corrected chi connectivity index (χ4v) is 2.41. The largest absolute Gasteiger partial charge is 0.370 e. The molecule has 0 atom stereocenters. The molecule has 0 aliphatic carbocycles. The molecule has 1 fully saturated rings. The van der Waals surface area contributed by atoms with Crippen LogP contribution in [0.2, 0.25) is 0 Å². The number of pyridine rings is 1. The molecular formula is C14H20N4O3. The fraction of sp³-hybridized carbons (Fsp3) is 0.571. The van der Waals surface area contributed by atoms with Crippen molar-refractivity contribution in [1.29, 1.82) is 0 Å². The Morgan fingerprint density at radius 2 is 2.19 bits per heavy atom. The van der Waals surface area contributed by atoms with Crippen molar-refractivity contribution in [3.8, 4) is 0 Å². The standard InChI is InChI=1S/C14H20N4O3/c1-3-15-13-12(8-11(9-16-13)18(20)21)14(19)17-6-4-10(2)5-7-17/h8-10H,3-7H2,1-2H3,(H,15,16). The highest BCUT2D eigenvalue weighted by Crippen LogP contribution is 2.23. The van der Waals surface area contributed by atoms with E-state index in [4.69, 9.17) is 0 Å². The number of nitro groups is 1. The van der Waals surface area contributed by atoms with Crippen LogP contribution in [0.25, 0.3) is 0 Å². The maximum Gasteiger partial charge on any atom is 0.288 e. The van der Waals surface area contributed by atoms with Gasteiger partial charge < -0.3 is 10.2 Å². The Morgan fingerprint density at radius 3 is 2.76 bits per heavy atom. The maximum absolute atomic E-state index is 12.6. The smallest absolute Gasteiger partial charge is 0.288 e. The molecule has 2 rings (SSSR count). The molecule has 114 valence electrons. The topological polar surface area (TPSA) is 88.4 Å². The van der Waals surface area contributed by atoms with Crippen LogP contribution in [-0.4, -0.2) is 40.3 Å². The van der Waals surface area contributed by atoms with Crippen LogP contribution < -0.4 is 5.32 Å². The SMILES string of the molecule is CCNc1ncc([N+](=O)[O-])cc1C(=O)N1CCC(C)CC1. The molecule has 1 amide bonds. The Morgan fingerprint density at radius 1 is 1.52 bits per heavy atom. The van der Waals surface area contributed by atoms with E-state index >= 15 is 0 Å². The van der Waals surface area contributed by atoms with Crippen molar-refractivity contribution >= 4 is 17.4 Å². The van der Waals surface area contributed by atoms with Gasteiger partial charge in [-0.1, -0.05) is 6.92 Å². The third kappa shape index (κ3) is 3.48. The molecular weight excluding hydrogens is 272 g/mol. The molecule has 1 aliphatic rings. The average Bonchev–Trinajstić information content (AvgIpc) is 2.48. The Hall–Kier alpha value is -2.18. The number of rotatable bonds is 4. The van der Waals surface area contributed by atoms with Gasteiger partial charge in [-0.15, -0.1) is 0 Å². The molecule has 7 nitrogen and oxygen atoms in total. The summed E-state index contributed by atoms with van der Waals surface area (Å²) in [5.41, 5.74) is 0.117. The number of nitrogens with zero attached hydrogens (tertiary/aromatic N) is 3. The van der Waals surface area contributed by atoms with Gasteiger partial charge in [0.05, 0.1) is 10.5 Å². The van der Waals surface area contributed by atoms with Gasteiger partial charge in [0, 0.05) is 25.7 Å². The first-order valence-electron chi connectivity index (χ1n) is 7.20. The molecule has 1 aliphatic heterocycles. The first-order chi connectivity index (χ1) is 10.0. The minimum absolute atomic E-state index is 0.162. The molecule has 0 bridgehead atoms. The minimum atomic E-state index is -0.530. The highest BCUT2D eigenvalue weighted by atomic mass is 16.6. The van der Waals surface area contributed by atoms with Gasteiger partial charge >= 0.3 is 0 Å². The van der Waals surface area contributed by atoms with Crippen LogP contribution in [0.3, 0.4) is 0 Å². The van der Waals surface area contributed by atoms with Crippen LogP contribution in [0, 0.1) is 16.0 Å². The summed E-state index contributed by atoms with van der Waals surface area (Å²) in [7, 11) is 0. The number of carbonyl (C=O) groups excluding carboxylic acids is 1. The number of nitrogens with one attached hydrogen (secondary N) is 1. The lowest BCUT2D eigenvalue weighted by atomic mass is 9.98. The van der Waals surface area contributed by atoms with Gasteiger partial charge in [0.25, 0.3) is 11.6 Å². The van der Waals surface area contributed by atoms with Crippen LogP contribution in [0.1, 0.15) is 37.0 Å². The van der Waals surface area contributed by atoms with Crippen LogP contribution in [0.5, 0.6) is 0 Å². The number of amides is 1. The molecule has 0 aromatic carbocycles. The zero-order chi connectivity index (χ0) is 15.4. The maximum atomic E-state index is 12.6. The van der Waals surface area contributed by atoms with Crippen molar-refractivity contribution in [1.82, 2.24) is 9.88 Å². The average molecular weight is 292 g/mol. The molecule has 0 unspecified atom stereocenters. The summed E-state index contributed by atoms with van der Waals surface area (Å²) in [5, 5.41) is 13.9. The Balaban J connectivity index is 2.28. The van der Waals surface area contributed by atoms with E-state index in [9.17, 15) is 14.9 Å². The van der Waals surface area contributed by atoms with Gasteiger partial charge in [0.1, 0.15) is 12.0 Å². The van der Waals surface area contributed by atoms with Crippen molar-refractivity contribution in [3.05, 3.63) is 27.9 Å². The van der Waals surface area contributed by atoms with E-state index in [0.29, 0.717) is 31.4 Å². The van der Waals surface area contributed by atoms with E-state index in [1.807, 2.05) is 6.92 Å². The summed E-state index contributed by atoms with van der Waals surface area (Å²) < 4.78 is 0. The Kier molecular flexibility index (Phi) is 4.72. The number of hydrogen-bond acceptors (Lipinski definition) is 5. The zero-order valence-electron chi connectivity index (χ0n) is 12.3. The second-order valence-corrected chi connectivity index (χ2v) is 5.35. The summed E-state index contributed by atoms with van der Waals surface area (Å²) in [6.45, 7) is 6.03. The van der Waals surface area contributed by atoms with Crippen molar-refractivity contribution in [2.45, 2.75) is 26.7 Å². The van der Waals surface area contributed by atoms with E-state index in [-0.39, 0.29) is 17.2 Å². The predicted molar refractivity (Wildman–Crippen MR) is 79.4 cm³/mol. The second-order valence-electron chi connectivity index (χ2n) is 5.35. The lowest BCUT2D eigenvalue weighted by Crippen LogP contribution is -2.38. The zero-order valence-corrected chi connectivity index (χ0v) is 12.3. The minimum Gasteiger partial charge on any atom is -0.370 e. The van der Waals surface area contributed by atoms with Gasteiger partial charge in [-0.3, -0.25) is 14.9 Å². The quantitative estimate of drug-likeness (QED) is 0.679. The van der Waals surface area contributed by atoms with Gasteiger partial charge in [-0.2, -0.15) is 0 Å². The number of hydrogen-bond donors (Lipinski definition) is 1. The second kappa shape index (κ2) is 6.51. The third-order valence-electron chi connectivity index (χ3n) is 3.73. The first kappa shape index (κ1) is 15.2. The molecule has 1 aromatic rings. The molecule has 0 saturated carbocycles. The molecule has 1 N–H and O–H groups in total. The summed E-state index contributed by atoms with van der Waals surface area (Å²) in [6.07, 6.45) is 3.10. The number of carbonyl (C=O) groups is 1. The Labute approximate surface area is 123 Å². The van der Waals surface area contributed by atoms with Crippen molar-refractivity contribution in [3.63, 3.8) is 0 Å². The molecule has 21 heavy (non-hydrogen) atoms. The van der Waals surface area contributed by atoms with Crippen LogP contribution in [0.4, 0.5) is 11.5 Å². The van der Waals surface area contributed by atoms with Gasteiger partial charge in [0.15, 0.2) is 0 Å². The molecule has 2 heterocycles. The summed E-state index contributed by atoms with van der Waals surface area (Å²) in [5.74, 6) is 0.839. The normalized spacial score (nSPS) is 15.8. The van der Waals surface area contributed by atoms with Crippen molar-refractivity contribution in [2.24, 2.45) is 5.92 Å². The molecule has 0 radical (unpaired) electrons. The van der Waals surface area contributed by atoms with Crippen molar-refractivity contribution < 1.29 is 9.72 Å². The highest BCUT2D eigenvalue weighted by molar-refractivity contribution is 5.99. The van der Waals surface area contributed by atoms with Crippen LogP contribution in [-0.2, 0) is 0 Å². The lowest BCUT2D eigenvalue weighted by molar-refractivity contribution is -0.385. The molecule has 1 saturated heterocycles. The highest BCUT2D eigenvalue weighted by Gasteiger charge is 2.25. The summed E-state index contributed by atoms with van der Waals surface area (Å²) in [6, 6.07) is 1.31. The molecule has 1 aromatic heterocycles. The first-order valence-corrected chi connectivity index (χ1v) is 7.20. The number of piperidine rings is 1. The number of aromatic nitrogens is 1. The monoisotopic (exact) mass is 292 g/mol. The molecule has 0 spiro atoms. The number of likely N-dealkylation sites (tertiary alicyclic amines) is 1. The van der Waals surface area contributed by atoms with E-state index in [1.165, 1.54) is 12.3 Å². The van der Waals surface area contributed by atoms with E-state index in [2.05, 4.69) is 17.2 Å². The van der Waals surface area contributed by atoms with E-state index in [0.717, 1.165) is 12.8 Å². The number of anilines is 1. The predicted octanol–water partition coefficient (Wildman–Crippen LogP) is 2.29. The van der Waals surface area contributed by atoms with Crippen molar-refractivity contribution in [2.75, 3.05) is 25.0 Å². The van der Waals surface area contributed by atoms with E-state index < -0.39 is 4.92 Å². The van der Waals surface area contributed by atoms with Crippen LogP contribution in [0.15, 0.2) is 12.3 Å². The van der Waals surface area contributed by atoms with Crippen LogP contribution >= 0.6 is 0 Å². The summed E-state index contributed by atoms with van der Waals surface area (Å²) >= 11 is 0. The van der Waals surface area contributed by atoms with Gasteiger partial charge in [0.2, 0.25) is 0 Å². The van der Waals surface area contributed by atoms with E-state index in [1.54, 1.807) is 4.90 Å². The fourth-order valence-electron chi connectivity index (χ4n) is 2.41. The summed E-state index contributed by atoms with van der Waals surface area (Å²) in [4.78, 5) is 28.7. The van der Waals surface area contributed by atoms with Gasteiger partial charge in [-0.05, 0) is 25.7 Å². The lowest BCUT2D eigenvalue weighted by Gasteiger charge is -2.30. The third-order valence-corrected chi connectivity index (χ3v) is 3.73. The Bertz CT molecular complexity index is 539.